The summed E-state index contributed by atoms with van der Waals surface area (Å²) in [5.74, 6) is 1.14. The molecule has 122 valence electrons. The normalized spacial score (nSPS) is 10.8. The van der Waals surface area contributed by atoms with Crippen LogP contribution in [0.5, 0.6) is 11.5 Å². The van der Waals surface area contributed by atoms with Gasteiger partial charge < -0.3 is 14.9 Å². The van der Waals surface area contributed by atoms with Gasteiger partial charge >= 0.3 is 0 Å². The summed E-state index contributed by atoms with van der Waals surface area (Å²) < 4.78 is 10.4. The smallest absolute Gasteiger partial charge is 0.141 e. The van der Waals surface area contributed by atoms with Crippen molar-refractivity contribution < 1.29 is 9.47 Å². The summed E-state index contributed by atoms with van der Waals surface area (Å²) >= 11 is 18.3. The van der Waals surface area contributed by atoms with E-state index in [1.54, 1.807) is 50.8 Å². The largest absolute Gasteiger partial charge is 0.496 e. The molecule has 4 nitrogen and oxygen atoms in total. The molecule has 0 aliphatic rings. The molecule has 0 saturated heterocycles. The van der Waals surface area contributed by atoms with Crippen LogP contribution in [0.3, 0.4) is 0 Å². The molecular weight excluding hydrogens is 359 g/mol. The van der Waals surface area contributed by atoms with Crippen LogP contribution in [0.4, 0.5) is 0 Å². The lowest BCUT2D eigenvalue weighted by atomic mass is 10.2. The van der Waals surface area contributed by atoms with E-state index in [4.69, 9.17) is 44.3 Å². The topological polar surface area (TPSA) is 42.9 Å². The standard InChI is InChI=1S/C16H15Cl3N2O2/c1-22-15-7-16(23-2)14(19)6-10(15)8-20-21-9-11-12(17)4-3-5-13(11)18/h3-8,21H,9H2,1-2H3/b20-8+. The van der Waals surface area contributed by atoms with Gasteiger partial charge in [-0.2, -0.15) is 5.10 Å². The van der Waals surface area contributed by atoms with Gasteiger partial charge in [-0.1, -0.05) is 40.9 Å². The Morgan fingerprint density at radius 3 is 2.26 bits per heavy atom. The van der Waals surface area contributed by atoms with Gasteiger partial charge in [0.25, 0.3) is 0 Å². The Hall–Kier alpha value is -1.62. The summed E-state index contributed by atoms with van der Waals surface area (Å²) in [6.07, 6.45) is 1.61. The van der Waals surface area contributed by atoms with E-state index in [1.165, 1.54) is 0 Å². The Bertz CT molecular complexity index is 700. The second-order valence-corrected chi connectivity index (χ2v) is 5.74. The lowest BCUT2D eigenvalue weighted by Gasteiger charge is -2.09. The van der Waals surface area contributed by atoms with Gasteiger partial charge in [-0.15, -0.1) is 0 Å². The van der Waals surface area contributed by atoms with Gasteiger partial charge in [-0.25, -0.2) is 0 Å². The third-order valence-corrected chi connectivity index (χ3v) is 4.12. The zero-order chi connectivity index (χ0) is 16.8. The van der Waals surface area contributed by atoms with Crippen LogP contribution < -0.4 is 14.9 Å². The van der Waals surface area contributed by atoms with Crippen LogP contribution in [0.1, 0.15) is 11.1 Å². The molecule has 0 saturated carbocycles. The lowest BCUT2D eigenvalue weighted by Crippen LogP contribution is -2.07. The van der Waals surface area contributed by atoms with Crippen molar-refractivity contribution >= 4 is 41.0 Å². The summed E-state index contributed by atoms with van der Waals surface area (Å²) in [5.41, 5.74) is 4.41. The Morgan fingerprint density at radius 1 is 1.00 bits per heavy atom. The van der Waals surface area contributed by atoms with Crippen LogP contribution in [0, 0.1) is 0 Å². The summed E-state index contributed by atoms with van der Waals surface area (Å²) in [7, 11) is 3.11. The molecule has 7 heteroatoms. The van der Waals surface area contributed by atoms with Crippen LogP contribution in [0.25, 0.3) is 0 Å². The number of rotatable bonds is 6. The van der Waals surface area contributed by atoms with E-state index in [0.29, 0.717) is 33.1 Å². The quantitative estimate of drug-likeness (QED) is 0.585. The van der Waals surface area contributed by atoms with Gasteiger partial charge in [0.15, 0.2) is 0 Å². The molecule has 2 aromatic rings. The zero-order valence-electron chi connectivity index (χ0n) is 12.6. The van der Waals surface area contributed by atoms with E-state index in [0.717, 1.165) is 11.1 Å². The molecule has 2 aromatic carbocycles. The van der Waals surface area contributed by atoms with Gasteiger partial charge in [0, 0.05) is 27.2 Å². The van der Waals surface area contributed by atoms with Crippen LogP contribution >= 0.6 is 34.8 Å². The number of hydrogen-bond donors (Lipinski definition) is 1. The monoisotopic (exact) mass is 372 g/mol. The van der Waals surface area contributed by atoms with Crippen molar-refractivity contribution in [3.05, 3.63) is 56.5 Å². The minimum atomic E-state index is 0.404. The Balaban J connectivity index is 2.10. The van der Waals surface area contributed by atoms with E-state index in [9.17, 15) is 0 Å². The molecule has 0 amide bonds. The van der Waals surface area contributed by atoms with E-state index in [-0.39, 0.29) is 0 Å². The highest BCUT2D eigenvalue weighted by molar-refractivity contribution is 6.36. The summed E-state index contributed by atoms with van der Waals surface area (Å²) in [4.78, 5) is 0. The molecule has 0 radical (unpaired) electrons. The number of benzene rings is 2. The van der Waals surface area contributed by atoms with Crippen molar-refractivity contribution in [2.45, 2.75) is 6.54 Å². The molecule has 0 unspecified atom stereocenters. The number of halogens is 3. The average molecular weight is 374 g/mol. The maximum absolute atomic E-state index is 6.11. The predicted octanol–water partition coefficient (Wildman–Crippen LogP) is 4.79. The van der Waals surface area contributed by atoms with Crippen LogP contribution in [0.15, 0.2) is 35.4 Å². The lowest BCUT2D eigenvalue weighted by molar-refractivity contribution is 0.394. The molecule has 0 aliphatic carbocycles. The van der Waals surface area contributed by atoms with Gasteiger partial charge in [0.1, 0.15) is 11.5 Å². The highest BCUT2D eigenvalue weighted by atomic mass is 35.5. The molecule has 23 heavy (non-hydrogen) atoms. The van der Waals surface area contributed by atoms with Gasteiger partial charge in [0.2, 0.25) is 0 Å². The van der Waals surface area contributed by atoms with Crippen molar-refractivity contribution in [1.29, 1.82) is 0 Å². The fourth-order valence-electron chi connectivity index (χ4n) is 1.93. The van der Waals surface area contributed by atoms with Crippen molar-refractivity contribution in [1.82, 2.24) is 5.43 Å². The number of hydrazone groups is 1. The van der Waals surface area contributed by atoms with Crippen molar-refractivity contribution in [3.63, 3.8) is 0 Å². The van der Waals surface area contributed by atoms with Gasteiger partial charge in [0.05, 0.1) is 32.0 Å². The summed E-state index contributed by atoms with van der Waals surface area (Å²) in [6.45, 7) is 0.404. The minimum absolute atomic E-state index is 0.404. The SMILES string of the molecule is COc1cc(OC)c(/C=N/NCc2c(Cl)cccc2Cl)cc1Cl. The van der Waals surface area contributed by atoms with Crippen LogP contribution in [0.2, 0.25) is 15.1 Å². The highest BCUT2D eigenvalue weighted by Crippen LogP contribution is 2.31. The molecule has 0 bridgehead atoms. The van der Waals surface area contributed by atoms with Crippen molar-refractivity contribution in [2.75, 3.05) is 14.2 Å². The van der Waals surface area contributed by atoms with E-state index in [2.05, 4.69) is 10.5 Å². The first-order valence-corrected chi connectivity index (χ1v) is 7.80. The Morgan fingerprint density at radius 2 is 1.65 bits per heavy atom. The number of methoxy groups -OCH3 is 2. The highest BCUT2D eigenvalue weighted by Gasteiger charge is 2.08. The second-order valence-electron chi connectivity index (χ2n) is 4.52. The molecular formula is C16H15Cl3N2O2. The molecule has 0 aliphatic heterocycles. The fraction of sp³-hybridized carbons (Fsp3) is 0.188. The van der Waals surface area contributed by atoms with E-state index >= 15 is 0 Å². The Kier molecular flexibility index (Phi) is 6.39. The molecule has 0 heterocycles. The number of ether oxygens (including phenoxy) is 2. The van der Waals surface area contributed by atoms with Crippen molar-refractivity contribution in [2.24, 2.45) is 5.10 Å². The van der Waals surface area contributed by atoms with Gasteiger partial charge in [-0.05, 0) is 18.2 Å². The van der Waals surface area contributed by atoms with Crippen LogP contribution in [-0.4, -0.2) is 20.4 Å². The number of nitrogens with one attached hydrogen (secondary N) is 1. The molecule has 0 fully saturated rings. The van der Waals surface area contributed by atoms with E-state index in [1.807, 2.05) is 0 Å². The first-order chi connectivity index (χ1) is 11.1. The van der Waals surface area contributed by atoms with Gasteiger partial charge in [-0.3, -0.25) is 0 Å². The fourth-order valence-corrected chi connectivity index (χ4v) is 2.71. The van der Waals surface area contributed by atoms with E-state index < -0.39 is 0 Å². The molecule has 0 aromatic heterocycles. The second kappa shape index (κ2) is 8.29. The molecule has 0 atom stereocenters. The molecule has 0 spiro atoms. The molecule has 1 N–H and O–H groups in total. The Labute approximate surface area is 150 Å². The molecule has 2 rings (SSSR count). The maximum Gasteiger partial charge on any atom is 0.141 e. The number of nitrogens with zero attached hydrogens (tertiary/aromatic N) is 1. The van der Waals surface area contributed by atoms with Crippen LogP contribution in [-0.2, 0) is 6.54 Å². The average Bonchev–Trinajstić information content (AvgIpc) is 2.54. The summed E-state index contributed by atoms with van der Waals surface area (Å²) in [5, 5.41) is 5.80. The third kappa shape index (κ3) is 4.44. The van der Waals surface area contributed by atoms with Crippen molar-refractivity contribution in [3.8, 4) is 11.5 Å². The minimum Gasteiger partial charge on any atom is -0.496 e. The first-order valence-electron chi connectivity index (χ1n) is 6.67. The predicted molar refractivity (Wildman–Crippen MR) is 95.5 cm³/mol. The number of hydrogen-bond acceptors (Lipinski definition) is 4. The maximum atomic E-state index is 6.11. The zero-order valence-corrected chi connectivity index (χ0v) is 14.8. The first kappa shape index (κ1) is 17.7. The summed E-state index contributed by atoms with van der Waals surface area (Å²) in [6, 6.07) is 8.77. The third-order valence-electron chi connectivity index (χ3n) is 3.12.